The molecule has 0 radical (unpaired) electrons. The van der Waals surface area contributed by atoms with Crippen molar-refractivity contribution in [3.05, 3.63) is 29.3 Å². The van der Waals surface area contributed by atoms with Gasteiger partial charge in [-0.2, -0.15) is 13.2 Å². The fourth-order valence-electron chi connectivity index (χ4n) is 2.86. The molecule has 1 spiro atoms. The Morgan fingerprint density at radius 1 is 1.28 bits per heavy atom. The molecule has 2 aliphatic heterocycles. The molecule has 0 saturated carbocycles. The third kappa shape index (κ3) is 1.38. The van der Waals surface area contributed by atoms with E-state index in [-0.39, 0.29) is 18.0 Å². The fourth-order valence-corrected chi connectivity index (χ4v) is 2.86. The van der Waals surface area contributed by atoms with Crippen LogP contribution in [0.2, 0.25) is 0 Å². The second-order valence-corrected chi connectivity index (χ2v) is 4.69. The summed E-state index contributed by atoms with van der Waals surface area (Å²) in [6.07, 6.45) is -4.04. The fraction of sp³-hybridized carbons (Fsp3) is 0.417. The van der Waals surface area contributed by atoms with Crippen LogP contribution in [0.3, 0.4) is 0 Å². The number of halogens is 3. The van der Waals surface area contributed by atoms with E-state index in [0.717, 1.165) is 6.07 Å². The molecule has 1 saturated heterocycles. The molecule has 1 amide bonds. The number of carbonyl (C=O) groups excluding carboxylic acids is 1. The minimum Gasteiger partial charge on any atom is -0.325 e. The lowest BCUT2D eigenvalue weighted by atomic mass is 9.78. The highest BCUT2D eigenvalue weighted by Gasteiger charge is 2.53. The molecule has 6 heteroatoms. The van der Waals surface area contributed by atoms with Gasteiger partial charge >= 0.3 is 6.18 Å². The summed E-state index contributed by atoms with van der Waals surface area (Å²) in [6.45, 7) is 0.817. The Morgan fingerprint density at radius 3 is 2.67 bits per heavy atom. The summed E-state index contributed by atoms with van der Waals surface area (Å²) >= 11 is 0. The summed E-state index contributed by atoms with van der Waals surface area (Å²) in [5, 5.41) is 5.54. The zero-order valence-corrected chi connectivity index (χ0v) is 9.40. The highest BCUT2D eigenvalue weighted by atomic mass is 19.4. The summed E-state index contributed by atoms with van der Waals surface area (Å²) in [4.78, 5) is 12.0. The van der Waals surface area contributed by atoms with Crippen LogP contribution < -0.4 is 10.6 Å². The van der Waals surface area contributed by atoms with Crippen LogP contribution in [0.25, 0.3) is 0 Å². The van der Waals surface area contributed by atoms with Gasteiger partial charge in [-0.3, -0.25) is 4.79 Å². The minimum atomic E-state index is -4.44. The van der Waals surface area contributed by atoms with E-state index in [4.69, 9.17) is 0 Å². The first-order valence-corrected chi connectivity index (χ1v) is 5.68. The van der Waals surface area contributed by atoms with Crippen molar-refractivity contribution in [3.63, 3.8) is 0 Å². The van der Waals surface area contributed by atoms with Crippen LogP contribution in [0.5, 0.6) is 0 Å². The Kier molecular flexibility index (Phi) is 2.22. The first kappa shape index (κ1) is 11.5. The Hall–Kier alpha value is -1.56. The topological polar surface area (TPSA) is 41.1 Å². The van der Waals surface area contributed by atoms with Crippen molar-refractivity contribution >= 4 is 11.6 Å². The van der Waals surface area contributed by atoms with Gasteiger partial charge in [-0.25, -0.2) is 0 Å². The molecular formula is C12H11F3N2O. The van der Waals surface area contributed by atoms with Crippen molar-refractivity contribution in [1.29, 1.82) is 0 Å². The molecule has 3 nitrogen and oxygen atoms in total. The van der Waals surface area contributed by atoms with Gasteiger partial charge in [-0.15, -0.1) is 0 Å². The Balaban J connectivity index is 2.25. The molecule has 96 valence electrons. The molecule has 0 aliphatic carbocycles. The molecule has 2 N–H and O–H groups in total. The van der Waals surface area contributed by atoms with Gasteiger partial charge in [0.05, 0.1) is 11.0 Å². The van der Waals surface area contributed by atoms with Gasteiger partial charge in [-0.05, 0) is 25.1 Å². The highest BCUT2D eigenvalue weighted by Crippen LogP contribution is 2.48. The summed E-state index contributed by atoms with van der Waals surface area (Å²) < 4.78 is 39.1. The van der Waals surface area contributed by atoms with E-state index >= 15 is 0 Å². The molecule has 1 atom stereocenters. The lowest BCUT2D eigenvalue weighted by molar-refractivity contribution is -0.138. The molecular weight excluding hydrogens is 245 g/mol. The van der Waals surface area contributed by atoms with E-state index in [9.17, 15) is 18.0 Å². The van der Waals surface area contributed by atoms with Gasteiger partial charge in [-0.1, -0.05) is 6.07 Å². The number of hydrogen-bond acceptors (Lipinski definition) is 2. The number of fused-ring (bicyclic) bond motifs is 2. The van der Waals surface area contributed by atoms with Crippen LogP contribution in [0.4, 0.5) is 18.9 Å². The maximum atomic E-state index is 13.0. The number of alkyl halides is 3. The van der Waals surface area contributed by atoms with Gasteiger partial charge in [0.25, 0.3) is 0 Å². The SMILES string of the molecule is O=C1Nc2cccc(C(F)(F)F)c2C12CCNC2. The highest BCUT2D eigenvalue weighted by molar-refractivity contribution is 6.07. The van der Waals surface area contributed by atoms with Gasteiger partial charge in [0, 0.05) is 17.8 Å². The van der Waals surface area contributed by atoms with E-state index < -0.39 is 17.2 Å². The van der Waals surface area contributed by atoms with Crippen LogP contribution in [-0.2, 0) is 16.4 Å². The number of hydrogen-bond donors (Lipinski definition) is 2. The largest absolute Gasteiger partial charge is 0.416 e. The van der Waals surface area contributed by atoms with E-state index in [2.05, 4.69) is 10.6 Å². The summed E-state index contributed by atoms with van der Waals surface area (Å²) in [6, 6.07) is 3.89. The minimum absolute atomic E-state index is 0.104. The van der Waals surface area contributed by atoms with Gasteiger partial charge < -0.3 is 10.6 Å². The summed E-state index contributed by atoms with van der Waals surface area (Å²) in [5.41, 5.74) is -1.37. The molecule has 0 aromatic heterocycles. The number of anilines is 1. The molecule has 2 heterocycles. The third-order valence-electron chi connectivity index (χ3n) is 3.69. The van der Waals surface area contributed by atoms with Crippen molar-refractivity contribution in [2.75, 3.05) is 18.4 Å². The lowest BCUT2D eigenvalue weighted by Gasteiger charge is -2.23. The zero-order chi connectivity index (χ0) is 13.0. The molecule has 1 unspecified atom stereocenters. The van der Waals surface area contributed by atoms with E-state index in [1.54, 1.807) is 0 Å². The third-order valence-corrected chi connectivity index (χ3v) is 3.69. The standard InChI is InChI=1S/C12H11F3N2O/c13-12(14,15)7-2-1-3-8-9(7)11(10(18)17-8)4-5-16-6-11/h1-3,16H,4-6H2,(H,17,18). The van der Waals surface area contributed by atoms with E-state index in [0.29, 0.717) is 18.7 Å². The first-order chi connectivity index (χ1) is 8.45. The van der Waals surface area contributed by atoms with Crippen molar-refractivity contribution in [2.24, 2.45) is 0 Å². The molecule has 18 heavy (non-hydrogen) atoms. The second kappa shape index (κ2) is 3.47. The number of amides is 1. The average molecular weight is 256 g/mol. The number of nitrogens with one attached hydrogen (secondary N) is 2. The zero-order valence-electron chi connectivity index (χ0n) is 9.40. The van der Waals surface area contributed by atoms with Crippen LogP contribution in [-0.4, -0.2) is 19.0 Å². The van der Waals surface area contributed by atoms with Crippen molar-refractivity contribution < 1.29 is 18.0 Å². The average Bonchev–Trinajstić information content (AvgIpc) is 2.86. The normalized spacial score (nSPS) is 26.5. The Bertz CT molecular complexity index is 519. The van der Waals surface area contributed by atoms with Crippen molar-refractivity contribution in [2.45, 2.75) is 18.0 Å². The van der Waals surface area contributed by atoms with E-state index in [1.165, 1.54) is 12.1 Å². The maximum Gasteiger partial charge on any atom is 0.416 e. The van der Waals surface area contributed by atoms with Crippen LogP contribution in [0.15, 0.2) is 18.2 Å². The summed E-state index contributed by atoms with van der Waals surface area (Å²) in [5.74, 6) is -0.334. The number of carbonyl (C=O) groups is 1. The Morgan fingerprint density at radius 2 is 2.06 bits per heavy atom. The predicted octanol–water partition coefficient (Wildman–Crippen LogP) is 1.89. The quantitative estimate of drug-likeness (QED) is 0.744. The molecule has 2 aliphatic rings. The molecule has 1 aromatic carbocycles. The monoisotopic (exact) mass is 256 g/mol. The maximum absolute atomic E-state index is 13.0. The molecule has 1 fully saturated rings. The number of rotatable bonds is 0. The molecule has 1 aromatic rings. The predicted molar refractivity (Wildman–Crippen MR) is 59.2 cm³/mol. The molecule has 0 bridgehead atoms. The first-order valence-electron chi connectivity index (χ1n) is 5.68. The van der Waals surface area contributed by atoms with Gasteiger partial charge in [0.2, 0.25) is 5.91 Å². The molecule has 3 rings (SSSR count). The van der Waals surface area contributed by atoms with Crippen LogP contribution >= 0.6 is 0 Å². The van der Waals surface area contributed by atoms with Crippen LogP contribution in [0, 0.1) is 0 Å². The second-order valence-electron chi connectivity index (χ2n) is 4.69. The lowest BCUT2D eigenvalue weighted by Crippen LogP contribution is -2.37. The van der Waals surface area contributed by atoms with Crippen molar-refractivity contribution in [1.82, 2.24) is 5.32 Å². The van der Waals surface area contributed by atoms with Crippen molar-refractivity contribution in [3.8, 4) is 0 Å². The Labute approximate surface area is 101 Å². The van der Waals surface area contributed by atoms with E-state index in [1.807, 2.05) is 0 Å². The van der Waals surface area contributed by atoms with Crippen LogP contribution in [0.1, 0.15) is 17.5 Å². The smallest absolute Gasteiger partial charge is 0.325 e. The number of benzene rings is 1. The van der Waals surface area contributed by atoms with Gasteiger partial charge in [0.1, 0.15) is 0 Å². The van der Waals surface area contributed by atoms with Gasteiger partial charge in [0.15, 0.2) is 0 Å². The summed E-state index contributed by atoms with van der Waals surface area (Å²) in [7, 11) is 0.